The first-order chi connectivity index (χ1) is 10.2. The van der Waals surface area contributed by atoms with E-state index in [-0.39, 0.29) is 5.37 Å². The van der Waals surface area contributed by atoms with Gasteiger partial charge in [0.1, 0.15) is 11.1 Å². The second-order valence-corrected chi connectivity index (χ2v) is 6.21. The maximum Gasteiger partial charge on any atom is 0.125 e. The van der Waals surface area contributed by atoms with Crippen LogP contribution in [0.2, 0.25) is 5.02 Å². The van der Waals surface area contributed by atoms with E-state index in [1.165, 1.54) is 5.56 Å². The van der Waals surface area contributed by atoms with Crippen LogP contribution in [-0.4, -0.2) is 13.3 Å². The van der Waals surface area contributed by atoms with E-state index in [0.717, 1.165) is 21.2 Å². The molecule has 0 saturated heterocycles. The molecule has 0 aromatic heterocycles. The fourth-order valence-corrected chi connectivity index (χ4v) is 3.17. The minimum Gasteiger partial charge on any atom is -0.497 e. The number of nitrogens with zero attached hydrogens (tertiary/aromatic N) is 1. The fraction of sp³-hybridized carbons (Fsp3) is 0.118. The van der Waals surface area contributed by atoms with Crippen molar-refractivity contribution in [3.63, 3.8) is 0 Å². The zero-order chi connectivity index (χ0) is 14.7. The van der Waals surface area contributed by atoms with Gasteiger partial charge >= 0.3 is 0 Å². The number of thioether (sulfide) groups is 1. The lowest BCUT2D eigenvalue weighted by Crippen LogP contribution is -1.85. The van der Waals surface area contributed by atoms with Crippen LogP contribution in [0.3, 0.4) is 0 Å². The molecular weight excluding hydrogens is 302 g/mol. The molecule has 1 unspecified atom stereocenters. The molecular formula is C17H14ClNOS. The number of allylic oxidation sites excluding steroid dienone is 1. The lowest BCUT2D eigenvalue weighted by molar-refractivity contribution is 0.415. The van der Waals surface area contributed by atoms with Gasteiger partial charge in [0.25, 0.3) is 0 Å². The Morgan fingerprint density at radius 1 is 1.10 bits per heavy atom. The molecule has 0 fully saturated rings. The van der Waals surface area contributed by atoms with Crippen LogP contribution in [0, 0.1) is 0 Å². The molecule has 2 aromatic carbocycles. The highest BCUT2D eigenvalue weighted by molar-refractivity contribution is 8.04. The fourth-order valence-electron chi connectivity index (χ4n) is 2.05. The van der Waals surface area contributed by atoms with Gasteiger partial charge in [0, 0.05) is 16.1 Å². The number of methoxy groups -OCH3 is 1. The topological polar surface area (TPSA) is 21.6 Å². The molecule has 0 aliphatic carbocycles. The molecule has 1 aliphatic heterocycles. The van der Waals surface area contributed by atoms with Gasteiger partial charge in [0.2, 0.25) is 0 Å². The van der Waals surface area contributed by atoms with Crippen molar-refractivity contribution in [1.29, 1.82) is 0 Å². The molecule has 2 aromatic rings. The Hall–Kier alpha value is -1.71. The van der Waals surface area contributed by atoms with E-state index < -0.39 is 0 Å². The molecule has 0 bridgehead atoms. The Labute approximate surface area is 133 Å². The molecule has 0 saturated carbocycles. The van der Waals surface area contributed by atoms with Crippen LogP contribution < -0.4 is 4.74 Å². The van der Waals surface area contributed by atoms with Gasteiger partial charge in [0.05, 0.1) is 7.11 Å². The first kappa shape index (κ1) is 14.2. The van der Waals surface area contributed by atoms with Gasteiger partial charge in [-0.2, -0.15) is 0 Å². The molecule has 2 nitrogen and oxygen atoms in total. The summed E-state index contributed by atoms with van der Waals surface area (Å²) < 4.78 is 5.16. The second-order valence-electron chi connectivity index (χ2n) is 4.62. The number of halogens is 1. The number of ether oxygens (including phenoxy) is 1. The van der Waals surface area contributed by atoms with Gasteiger partial charge in [-0.05, 0) is 41.5 Å². The Kier molecular flexibility index (Phi) is 4.32. The minimum atomic E-state index is 0.117. The quantitative estimate of drug-likeness (QED) is 0.776. The zero-order valence-electron chi connectivity index (χ0n) is 11.5. The molecule has 1 atom stereocenters. The third kappa shape index (κ3) is 3.49. The highest BCUT2D eigenvalue weighted by Gasteiger charge is 2.17. The van der Waals surface area contributed by atoms with E-state index in [4.69, 9.17) is 16.3 Å². The predicted octanol–water partition coefficient (Wildman–Crippen LogP) is 5.21. The van der Waals surface area contributed by atoms with E-state index in [1.807, 2.05) is 54.7 Å². The summed E-state index contributed by atoms with van der Waals surface area (Å²) in [4.78, 5) is 5.70. The van der Waals surface area contributed by atoms with Gasteiger partial charge in [-0.25, -0.2) is 0 Å². The summed E-state index contributed by atoms with van der Waals surface area (Å²) in [6.45, 7) is 0. The van der Waals surface area contributed by atoms with E-state index >= 15 is 0 Å². The number of aliphatic imine (C=N–C) groups is 1. The number of hydrogen-bond acceptors (Lipinski definition) is 3. The monoisotopic (exact) mass is 315 g/mol. The predicted molar refractivity (Wildman–Crippen MR) is 91.2 cm³/mol. The molecule has 0 N–H and O–H groups in total. The van der Waals surface area contributed by atoms with Gasteiger partial charge in [-0.15, -0.1) is 0 Å². The van der Waals surface area contributed by atoms with Crippen molar-refractivity contribution in [2.24, 2.45) is 4.99 Å². The maximum atomic E-state index is 5.91. The lowest BCUT2D eigenvalue weighted by atomic mass is 10.2. The minimum absolute atomic E-state index is 0.117. The molecule has 0 amide bonds. The van der Waals surface area contributed by atoms with Gasteiger partial charge < -0.3 is 4.74 Å². The lowest BCUT2D eigenvalue weighted by Gasteiger charge is -2.06. The van der Waals surface area contributed by atoms with Crippen LogP contribution in [0.5, 0.6) is 5.75 Å². The largest absolute Gasteiger partial charge is 0.497 e. The van der Waals surface area contributed by atoms with Crippen LogP contribution in [0.25, 0.3) is 6.08 Å². The Morgan fingerprint density at radius 2 is 1.81 bits per heavy atom. The van der Waals surface area contributed by atoms with E-state index in [9.17, 15) is 0 Å². The van der Waals surface area contributed by atoms with Crippen LogP contribution in [0.1, 0.15) is 16.5 Å². The van der Waals surface area contributed by atoms with Crippen LogP contribution in [0.4, 0.5) is 0 Å². The summed E-state index contributed by atoms with van der Waals surface area (Å²) in [5.41, 5.74) is 2.31. The van der Waals surface area contributed by atoms with E-state index in [2.05, 4.69) is 11.1 Å². The highest BCUT2D eigenvalue weighted by Crippen LogP contribution is 2.40. The SMILES string of the molecule is COc1ccc(/C=C2/C=NC(c3ccc(Cl)cc3)S2)cc1. The molecule has 4 heteroatoms. The molecule has 0 spiro atoms. The summed E-state index contributed by atoms with van der Waals surface area (Å²) in [5.74, 6) is 0.865. The molecule has 1 heterocycles. The number of hydrogen-bond donors (Lipinski definition) is 0. The average molecular weight is 316 g/mol. The average Bonchev–Trinajstić information content (AvgIpc) is 2.97. The normalized spacial score (nSPS) is 19.1. The number of rotatable bonds is 3. The Morgan fingerprint density at radius 3 is 2.48 bits per heavy atom. The van der Waals surface area contributed by atoms with Crippen LogP contribution in [-0.2, 0) is 0 Å². The van der Waals surface area contributed by atoms with Crippen molar-refractivity contribution in [1.82, 2.24) is 0 Å². The van der Waals surface area contributed by atoms with Crippen LogP contribution >= 0.6 is 23.4 Å². The Bertz CT molecular complexity index is 677. The van der Waals surface area contributed by atoms with Crippen molar-refractivity contribution < 1.29 is 4.74 Å². The highest BCUT2D eigenvalue weighted by atomic mass is 35.5. The standard InChI is InChI=1S/C17H14ClNOS/c1-20-15-8-2-12(3-9-15)10-16-11-19-17(21-16)13-4-6-14(18)7-5-13/h2-11,17H,1H3/b16-10-. The van der Waals surface area contributed by atoms with Crippen molar-refractivity contribution in [3.8, 4) is 5.75 Å². The first-order valence-electron chi connectivity index (χ1n) is 6.56. The van der Waals surface area contributed by atoms with Crippen LogP contribution in [0.15, 0.2) is 58.4 Å². The smallest absolute Gasteiger partial charge is 0.125 e. The first-order valence-corrected chi connectivity index (χ1v) is 7.81. The van der Waals surface area contributed by atoms with Gasteiger partial charge in [-0.1, -0.05) is 47.6 Å². The van der Waals surface area contributed by atoms with Gasteiger partial charge in [0.15, 0.2) is 0 Å². The third-order valence-corrected chi connectivity index (χ3v) is 4.53. The zero-order valence-corrected chi connectivity index (χ0v) is 13.1. The summed E-state index contributed by atoms with van der Waals surface area (Å²) in [6, 6.07) is 15.8. The third-order valence-electron chi connectivity index (χ3n) is 3.16. The molecule has 3 rings (SSSR count). The molecule has 21 heavy (non-hydrogen) atoms. The second kappa shape index (κ2) is 6.37. The van der Waals surface area contributed by atoms with E-state index in [1.54, 1.807) is 18.9 Å². The van der Waals surface area contributed by atoms with E-state index in [0.29, 0.717) is 0 Å². The summed E-state index contributed by atoms with van der Waals surface area (Å²) in [7, 11) is 1.67. The molecule has 106 valence electrons. The molecule has 0 radical (unpaired) electrons. The number of benzene rings is 2. The van der Waals surface area contributed by atoms with Crippen molar-refractivity contribution in [2.45, 2.75) is 5.37 Å². The Balaban J connectivity index is 1.73. The summed E-state index contributed by atoms with van der Waals surface area (Å²) in [6.07, 6.45) is 4.05. The van der Waals surface area contributed by atoms with Crippen molar-refractivity contribution in [2.75, 3.05) is 7.11 Å². The summed E-state index contributed by atoms with van der Waals surface area (Å²) in [5, 5.41) is 0.867. The van der Waals surface area contributed by atoms with Gasteiger partial charge in [-0.3, -0.25) is 4.99 Å². The summed E-state index contributed by atoms with van der Waals surface area (Å²) >= 11 is 7.65. The molecule has 1 aliphatic rings. The maximum absolute atomic E-state index is 5.91. The van der Waals surface area contributed by atoms with Crippen molar-refractivity contribution in [3.05, 3.63) is 69.6 Å². The van der Waals surface area contributed by atoms with Crippen molar-refractivity contribution >= 4 is 35.7 Å².